The monoisotopic (exact) mass is 576 g/mol. The summed E-state index contributed by atoms with van der Waals surface area (Å²) < 4.78 is 28.3. The van der Waals surface area contributed by atoms with E-state index in [1.54, 1.807) is 0 Å². The van der Waals surface area contributed by atoms with E-state index < -0.39 is 18.1 Å². The Hall–Kier alpha value is -1.87. The molecule has 0 spiro atoms. The Bertz CT molecular complexity index is 1080. The Morgan fingerprint density at radius 1 is 1.05 bits per heavy atom. The van der Waals surface area contributed by atoms with Crippen LogP contribution in [0.25, 0.3) is 0 Å². The van der Waals surface area contributed by atoms with E-state index in [2.05, 4.69) is 24.3 Å². The summed E-state index contributed by atoms with van der Waals surface area (Å²) in [5, 5.41) is 7.27. The summed E-state index contributed by atoms with van der Waals surface area (Å²) in [6, 6.07) is -0.921. The van der Waals surface area contributed by atoms with Crippen molar-refractivity contribution in [2.24, 2.45) is 39.7 Å². The number of ketones is 1. The Kier molecular flexibility index (Phi) is 8.70. The number of oxime groups is 1. The van der Waals surface area contributed by atoms with E-state index in [1.165, 1.54) is 16.9 Å². The molecule has 0 aromatic heterocycles. The average Bonchev–Trinajstić information content (AvgIpc) is 3.45. The first-order valence-electron chi connectivity index (χ1n) is 15.9. The molecule has 0 radical (unpaired) electrons. The molecule has 0 bridgehead atoms. The lowest BCUT2D eigenvalue weighted by Crippen LogP contribution is -2.51. The van der Waals surface area contributed by atoms with Crippen molar-refractivity contribution >= 4 is 17.6 Å². The van der Waals surface area contributed by atoms with Crippen molar-refractivity contribution in [2.45, 2.75) is 96.9 Å². The molecule has 5 aliphatic rings. The van der Waals surface area contributed by atoms with E-state index in [9.17, 15) is 18.4 Å². The van der Waals surface area contributed by atoms with E-state index in [4.69, 9.17) is 4.84 Å². The van der Waals surface area contributed by atoms with Gasteiger partial charge in [-0.1, -0.05) is 24.6 Å². The summed E-state index contributed by atoms with van der Waals surface area (Å²) >= 11 is 0. The second kappa shape index (κ2) is 11.7. The number of rotatable bonds is 8. The van der Waals surface area contributed by atoms with Crippen molar-refractivity contribution < 1.29 is 23.2 Å². The number of carbonyl (C=O) groups excluding carboxylic acids is 2. The number of fused-ring (bicyclic) bond motifs is 5. The van der Waals surface area contributed by atoms with Gasteiger partial charge >= 0.3 is 6.09 Å². The first-order chi connectivity index (χ1) is 19.3. The molecule has 1 amide bonds. The molecule has 4 fully saturated rings. The highest BCUT2D eigenvalue weighted by Crippen LogP contribution is 2.66. The summed E-state index contributed by atoms with van der Waals surface area (Å²) in [6.45, 7) is 8.32. The molecule has 0 aromatic carbocycles. The topological polar surface area (TPSA) is 74.2 Å². The molecule has 0 aromatic rings. The van der Waals surface area contributed by atoms with Crippen LogP contribution in [0.15, 0.2) is 16.8 Å². The number of amides is 1. The molecule has 1 N–H and O–H groups in total. The highest BCUT2D eigenvalue weighted by atomic mass is 19.3. The molecule has 1 unspecified atom stereocenters. The van der Waals surface area contributed by atoms with Crippen LogP contribution in [-0.4, -0.2) is 79.6 Å². The fourth-order valence-electron chi connectivity index (χ4n) is 9.43. The number of carbonyl (C=O) groups is 2. The second-order valence-corrected chi connectivity index (χ2v) is 14.3. The van der Waals surface area contributed by atoms with Crippen LogP contribution in [0.3, 0.4) is 0 Å². The first-order valence-corrected chi connectivity index (χ1v) is 15.9. The minimum atomic E-state index is -2.75. The molecule has 4 aliphatic carbocycles. The van der Waals surface area contributed by atoms with E-state index >= 15 is 0 Å². The summed E-state index contributed by atoms with van der Waals surface area (Å²) in [5.41, 5.74) is 2.53. The molecule has 7 nitrogen and oxygen atoms in total. The number of alkyl halides is 2. The van der Waals surface area contributed by atoms with Crippen molar-refractivity contribution in [1.82, 2.24) is 15.1 Å². The van der Waals surface area contributed by atoms with Gasteiger partial charge in [0.2, 0.25) is 0 Å². The van der Waals surface area contributed by atoms with Crippen molar-refractivity contribution in [3.05, 3.63) is 11.6 Å². The second-order valence-electron chi connectivity index (χ2n) is 14.3. The summed E-state index contributed by atoms with van der Waals surface area (Å²) in [5.74, 6) is -0.285. The zero-order chi connectivity index (χ0) is 29.6. The Labute approximate surface area is 244 Å². The van der Waals surface area contributed by atoms with Crippen LogP contribution < -0.4 is 5.32 Å². The SMILES string of the molecule is C/C(=N\OC(=O)N(CCC1NCCC1(F)F)CCN(C)C)[C@H]1CC[C@H]2[C@@H]3CCC4=CC(=O)CC[C@]4(C)[C@H]3CC[C@]12C. The largest absolute Gasteiger partial charge is 0.436 e. The molecule has 1 aliphatic heterocycles. The lowest BCUT2D eigenvalue weighted by molar-refractivity contribution is -0.117. The highest BCUT2D eigenvalue weighted by Gasteiger charge is 2.59. The highest BCUT2D eigenvalue weighted by molar-refractivity contribution is 5.91. The van der Waals surface area contributed by atoms with Crippen LogP contribution in [0.4, 0.5) is 13.6 Å². The maximum atomic E-state index is 14.2. The molecule has 41 heavy (non-hydrogen) atoms. The van der Waals surface area contributed by atoms with Gasteiger partial charge in [0, 0.05) is 44.9 Å². The zero-order valence-electron chi connectivity index (χ0n) is 25.7. The van der Waals surface area contributed by atoms with E-state index in [0.29, 0.717) is 49.6 Å². The van der Waals surface area contributed by atoms with Gasteiger partial charge in [-0.15, -0.1) is 0 Å². The minimum Gasteiger partial charge on any atom is -0.308 e. The predicted molar refractivity (Wildman–Crippen MR) is 156 cm³/mol. The van der Waals surface area contributed by atoms with Gasteiger partial charge in [-0.25, -0.2) is 13.6 Å². The summed E-state index contributed by atoms with van der Waals surface area (Å²) in [6.07, 6.45) is 9.77. The molecule has 1 heterocycles. The third kappa shape index (κ3) is 5.86. The van der Waals surface area contributed by atoms with Gasteiger partial charge in [0.05, 0.1) is 11.8 Å². The summed E-state index contributed by atoms with van der Waals surface area (Å²) in [7, 11) is 3.84. The fraction of sp³-hybridized carbons (Fsp3) is 0.844. The van der Waals surface area contributed by atoms with Gasteiger partial charge in [0.15, 0.2) is 5.78 Å². The Morgan fingerprint density at radius 3 is 2.54 bits per heavy atom. The van der Waals surface area contributed by atoms with Crippen molar-refractivity contribution in [1.29, 1.82) is 0 Å². The molecular weight excluding hydrogens is 526 g/mol. The number of hydrogen-bond donors (Lipinski definition) is 1. The molecule has 9 heteroatoms. The third-order valence-electron chi connectivity index (χ3n) is 11.9. The third-order valence-corrected chi connectivity index (χ3v) is 11.9. The zero-order valence-corrected chi connectivity index (χ0v) is 25.7. The van der Waals surface area contributed by atoms with E-state index in [1.807, 2.05) is 32.0 Å². The van der Waals surface area contributed by atoms with Gasteiger partial charge in [-0.3, -0.25) is 9.63 Å². The van der Waals surface area contributed by atoms with Crippen LogP contribution in [0.5, 0.6) is 0 Å². The number of hydrogen-bond acceptors (Lipinski definition) is 6. The quantitative estimate of drug-likeness (QED) is 0.221. The van der Waals surface area contributed by atoms with Crippen molar-refractivity contribution in [3.8, 4) is 0 Å². The number of nitrogens with zero attached hydrogens (tertiary/aromatic N) is 3. The first kappa shape index (κ1) is 30.6. The van der Waals surface area contributed by atoms with Gasteiger partial charge in [0.25, 0.3) is 5.92 Å². The van der Waals surface area contributed by atoms with Crippen LogP contribution >= 0.6 is 0 Å². The van der Waals surface area contributed by atoms with Crippen molar-refractivity contribution in [3.63, 3.8) is 0 Å². The molecule has 7 atom stereocenters. The molecular formula is C32H50F2N4O3. The molecule has 3 saturated carbocycles. The number of likely N-dealkylation sites (N-methyl/N-ethyl adjacent to an activating group) is 1. The maximum absolute atomic E-state index is 14.2. The fourth-order valence-corrected chi connectivity index (χ4v) is 9.43. The van der Waals surface area contributed by atoms with E-state index in [0.717, 1.165) is 44.2 Å². The van der Waals surface area contributed by atoms with Crippen molar-refractivity contribution in [2.75, 3.05) is 40.3 Å². The summed E-state index contributed by atoms with van der Waals surface area (Å²) in [4.78, 5) is 34.3. The van der Waals surface area contributed by atoms with Crippen LogP contribution in [0.1, 0.15) is 85.0 Å². The Balaban J connectivity index is 1.24. The van der Waals surface area contributed by atoms with Gasteiger partial charge in [-0.05, 0) is 107 Å². The number of allylic oxidation sites excluding steroid dienone is 1. The average molecular weight is 577 g/mol. The lowest BCUT2D eigenvalue weighted by Gasteiger charge is -2.58. The van der Waals surface area contributed by atoms with Gasteiger partial charge in [-0.2, -0.15) is 0 Å². The maximum Gasteiger partial charge on any atom is 0.436 e. The minimum absolute atomic E-state index is 0.119. The van der Waals surface area contributed by atoms with Gasteiger partial charge in [0.1, 0.15) is 0 Å². The number of halogens is 2. The standard InChI is InChI=1S/C32H50F2N4O3/c1-21(36-41-29(40)38(19-18-37(4)5)17-12-28-32(33,34)15-16-35-28)25-8-9-26-24-7-6-22-20-23(39)10-13-30(22,2)27(24)11-14-31(25,26)3/h20,24-28,35H,6-19H2,1-5H3/b36-21+/t24-,25+,26-,27-,28?,30-,31+/m0/s1. The Morgan fingerprint density at radius 2 is 1.83 bits per heavy atom. The normalized spacial score (nSPS) is 38.2. The van der Waals surface area contributed by atoms with Crippen LogP contribution in [-0.2, 0) is 9.63 Å². The van der Waals surface area contributed by atoms with Gasteiger partial charge < -0.3 is 15.1 Å². The lowest BCUT2D eigenvalue weighted by atomic mass is 9.46. The van der Waals surface area contributed by atoms with E-state index in [-0.39, 0.29) is 36.1 Å². The predicted octanol–water partition coefficient (Wildman–Crippen LogP) is 5.90. The molecule has 1 saturated heterocycles. The van der Waals surface area contributed by atoms with Crippen LogP contribution in [0, 0.1) is 34.5 Å². The molecule has 230 valence electrons. The smallest absolute Gasteiger partial charge is 0.308 e. The van der Waals surface area contributed by atoms with Crippen LogP contribution in [0.2, 0.25) is 0 Å². The number of nitrogens with one attached hydrogen (secondary N) is 1. The molecule has 5 rings (SSSR count).